The number of carbonyl (C=O) groups excluding carboxylic acids is 1. The van der Waals surface area contributed by atoms with Crippen molar-refractivity contribution in [1.29, 1.82) is 0 Å². The monoisotopic (exact) mass is 306 g/mol. The predicted octanol–water partition coefficient (Wildman–Crippen LogP) is 1.09. The minimum Gasteiger partial charge on any atom is -0.385 e. The normalized spacial score (nSPS) is 11.2. The van der Waals surface area contributed by atoms with Crippen LogP contribution in [0.15, 0.2) is 29.3 Å². The van der Waals surface area contributed by atoms with Gasteiger partial charge < -0.3 is 20.3 Å². The first kappa shape index (κ1) is 18.0. The van der Waals surface area contributed by atoms with E-state index in [1.54, 1.807) is 33.2 Å². The van der Waals surface area contributed by atoms with Crippen molar-refractivity contribution in [1.82, 2.24) is 15.5 Å². The predicted molar refractivity (Wildman–Crippen MR) is 89.2 cm³/mol. The van der Waals surface area contributed by atoms with E-state index in [4.69, 9.17) is 4.74 Å². The molecule has 22 heavy (non-hydrogen) atoms. The Morgan fingerprint density at radius 1 is 1.23 bits per heavy atom. The van der Waals surface area contributed by atoms with E-state index >= 15 is 0 Å². The number of benzene rings is 1. The number of rotatable bonds is 7. The van der Waals surface area contributed by atoms with E-state index in [-0.39, 0.29) is 5.91 Å². The molecule has 122 valence electrons. The summed E-state index contributed by atoms with van der Waals surface area (Å²) in [6.45, 7) is 2.19. The summed E-state index contributed by atoms with van der Waals surface area (Å²) < 4.78 is 5.00. The molecular formula is C16H26N4O2. The molecule has 6 heteroatoms. The summed E-state index contributed by atoms with van der Waals surface area (Å²) in [4.78, 5) is 17.5. The number of hydrogen-bond donors (Lipinski definition) is 2. The van der Waals surface area contributed by atoms with Gasteiger partial charge in [-0.1, -0.05) is 12.1 Å². The minimum atomic E-state index is 0.00938. The van der Waals surface area contributed by atoms with Gasteiger partial charge in [-0.3, -0.25) is 9.79 Å². The molecule has 6 nitrogen and oxygen atoms in total. The molecule has 0 aliphatic rings. The van der Waals surface area contributed by atoms with Crippen molar-refractivity contribution in [3.63, 3.8) is 0 Å². The zero-order valence-electron chi connectivity index (χ0n) is 13.8. The van der Waals surface area contributed by atoms with Gasteiger partial charge in [-0.2, -0.15) is 0 Å². The van der Waals surface area contributed by atoms with Crippen LogP contribution in [0.4, 0.5) is 0 Å². The van der Waals surface area contributed by atoms with Crippen LogP contribution >= 0.6 is 0 Å². The maximum atomic E-state index is 11.8. The smallest absolute Gasteiger partial charge is 0.253 e. The summed E-state index contributed by atoms with van der Waals surface area (Å²) in [5.74, 6) is 0.764. The number of hydrogen-bond acceptors (Lipinski definition) is 3. The van der Waals surface area contributed by atoms with Gasteiger partial charge in [0.05, 0.1) is 0 Å². The molecule has 0 saturated heterocycles. The van der Waals surface area contributed by atoms with Crippen molar-refractivity contribution in [3.05, 3.63) is 35.4 Å². The summed E-state index contributed by atoms with van der Waals surface area (Å²) in [5, 5.41) is 6.45. The Bertz CT molecular complexity index is 483. The van der Waals surface area contributed by atoms with Crippen LogP contribution in [0.5, 0.6) is 0 Å². The third kappa shape index (κ3) is 6.13. The summed E-state index contributed by atoms with van der Waals surface area (Å²) in [5.41, 5.74) is 1.78. The van der Waals surface area contributed by atoms with Crippen LogP contribution < -0.4 is 10.6 Å². The maximum absolute atomic E-state index is 11.8. The molecule has 0 atom stereocenters. The number of aliphatic imine (C=N–C) groups is 1. The number of amides is 1. The largest absolute Gasteiger partial charge is 0.385 e. The fourth-order valence-corrected chi connectivity index (χ4v) is 1.85. The van der Waals surface area contributed by atoms with Crippen molar-refractivity contribution < 1.29 is 9.53 Å². The second kappa shape index (κ2) is 9.78. The average Bonchev–Trinajstić information content (AvgIpc) is 2.54. The first-order valence-electron chi connectivity index (χ1n) is 7.32. The van der Waals surface area contributed by atoms with Crippen molar-refractivity contribution in [3.8, 4) is 0 Å². The number of methoxy groups -OCH3 is 1. The highest BCUT2D eigenvalue weighted by Crippen LogP contribution is 2.06. The second-order valence-corrected chi connectivity index (χ2v) is 5.10. The first-order valence-corrected chi connectivity index (χ1v) is 7.32. The molecule has 0 bridgehead atoms. The molecule has 0 radical (unpaired) electrons. The quantitative estimate of drug-likeness (QED) is 0.450. The topological polar surface area (TPSA) is 66.0 Å². The van der Waals surface area contributed by atoms with Gasteiger partial charge in [-0.15, -0.1) is 0 Å². The highest BCUT2D eigenvalue weighted by molar-refractivity contribution is 5.93. The summed E-state index contributed by atoms with van der Waals surface area (Å²) in [7, 11) is 6.93. The van der Waals surface area contributed by atoms with Gasteiger partial charge in [0.2, 0.25) is 0 Å². The van der Waals surface area contributed by atoms with Gasteiger partial charge in [0, 0.05) is 53.5 Å². The summed E-state index contributed by atoms with van der Waals surface area (Å²) >= 11 is 0. The Morgan fingerprint density at radius 3 is 2.45 bits per heavy atom. The molecule has 0 fully saturated rings. The number of nitrogens with one attached hydrogen (secondary N) is 2. The van der Waals surface area contributed by atoms with Crippen LogP contribution in [0.1, 0.15) is 22.3 Å². The lowest BCUT2D eigenvalue weighted by Crippen LogP contribution is -2.37. The second-order valence-electron chi connectivity index (χ2n) is 5.10. The first-order chi connectivity index (χ1) is 10.6. The van der Waals surface area contributed by atoms with Crippen LogP contribution in [0.25, 0.3) is 0 Å². The van der Waals surface area contributed by atoms with E-state index in [1.807, 2.05) is 24.3 Å². The van der Waals surface area contributed by atoms with E-state index in [0.717, 1.165) is 31.1 Å². The molecule has 0 aliphatic carbocycles. The molecule has 1 aromatic carbocycles. The van der Waals surface area contributed by atoms with E-state index < -0.39 is 0 Å². The lowest BCUT2D eigenvalue weighted by Gasteiger charge is -2.13. The van der Waals surface area contributed by atoms with Crippen molar-refractivity contribution in [2.75, 3.05) is 41.4 Å². The standard InChI is InChI=1S/C16H26N4O2/c1-17-16(18-10-5-11-22-4)19-12-13-6-8-14(9-7-13)15(21)20(2)3/h6-9H,5,10-12H2,1-4H3,(H2,17,18,19). The van der Waals surface area contributed by atoms with Crippen LogP contribution in [-0.4, -0.2) is 58.2 Å². The summed E-state index contributed by atoms with van der Waals surface area (Å²) in [6, 6.07) is 7.58. The number of carbonyl (C=O) groups is 1. The molecule has 0 unspecified atom stereocenters. The molecule has 1 aromatic rings. The Morgan fingerprint density at radius 2 is 1.91 bits per heavy atom. The van der Waals surface area contributed by atoms with Gasteiger partial charge in [0.1, 0.15) is 0 Å². The van der Waals surface area contributed by atoms with E-state index in [0.29, 0.717) is 12.1 Å². The van der Waals surface area contributed by atoms with Crippen LogP contribution in [0, 0.1) is 0 Å². The highest BCUT2D eigenvalue weighted by Gasteiger charge is 2.07. The SMILES string of the molecule is CN=C(NCCCOC)NCc1ccc(C(=O)N(C)C)cc1. The van der Waals surface area contributed by atoms with Crippen LogP contribution in [0.2, 0.25) is 0 Å². The average molecular weight is 306 g/mol. The van der Waals surface area contributed by atoms with Crippen molar-refractivity contribution in [2.24, 2.45) is 4.99 Å². The molecular weight excluding hydrogens is 280 g/mol. The number of guanidine groups is 1. The zero-order chi connectivity index (χ0) is 16.4. The van der Waals surface area contributed by atoms with E-state index in [9.17, 15) is 4.79 Å². The molecule has 2 N–H and O–H groups in total. The van der Waals surface area contributed by atoms with Crippen molar-refractivity contribution in [2.45, 2.75) is 13.0 Å². The Kier molecular flexibility index (Phi) is 7.99. The van der Waals surface area contributed by atoms with Gasteiger partial charge in [-0.05, 0) is 24.1 Å². The van der Waals surface area contributed by atoms with Crippen molar-refractivity contribution >= 4 is 11.9 Å². The fraction of sp³-hybridized carbons (Fsp3) is 0.500. The van der Waals surface area contributed by atoms with Crippen LogP contribution in [-0.2, 0) is 11.3 Å². The molecule has 1 rings (SSSR count). The lowest BCUT2D eigenvalue weighted by molar-refractivity contribution is 0.0827. The van der Waals surface area contributed by atoms with E-state index in [1.165, 1.54) is 0 Å². The third-order valence-corrected chi connectivity index (χ3v) is 3.11. The molecule has 0 heterocycles. The highest BCUT2D eigenvalue weighted by atomic mass is 16.5. The van der Waals surface area contributed by atoms with Crippen LogP contribution in [0.3, 0.4) is 0 Å². The molecule has 0 saturated carbocycles. The maximum Gasteiger partial charge on any atom is 0.253 e. The fourth-order valence-electron chi connectivity index (χ4n) is 1.85. The minimum absolute atomic E-state index is 0.00938. The zero-order valence-corrected chi connectivity index (χ0v) is 13.8. The summed E-state index contributed by atoms with van der Waals surface area (Å²) in [6.07, 6.45) is 0.929. The lowest BCUT2D eigenvalue weighted by atomic mass is 10.1. The van der Waals surface area contributed by atoms with Gasteiger partial charge in [-0.25, -0.2) is 0 Å². The van der Waals surface area contributed by atoms with E-state index in [2.05, 4.69) is 15.6 Å². The molecule has 1 amide bonds. The van der Waals surface area contributed by atoms with Gasteiger partial charge in [0.25, 0.3) is 5.91 Å². The Labute approximate surface area is 132 Å². The Hall–Kier alpha value is -2.08. The molecule has 0 aromatic heterocycles. The molecule has 0 aliphatic heterocycles. The molecule has 0 spiro atoms. The number of ether oxygens (including phenoxy) is 1. The number of nitrogens with zero attached hydrogens (tertiary/aromatic N) is 2. The van der Waals surface area contributed by atoms with Gasteiger partial charge >= 0.3 is 0 Å². The Balaban J connectivity index is 2.45. The van der Waals surface area contributed by atoms with Gasteiger partial charge in [0.15, 0.2) is 5.96 Å². The third-order valence-electron chi connectivity index (χ3n) is 3.11.